The van der Waals surface area contributed by atoms with Crippen molar-refractivity contribution in [3.8, 4) is 47.3 Å². The van der Waals surface area contributed by atoms with E-state index in [0.29, 0.717) is 34.1 Å². The summed E-state index contributed by atoms with van der Waals surface area (Å²) < 4.78 is 11.7. The van der Waals surface area contributed by atoms with E-state index < -0.39 is 0 Å². The first-order valence-corrected chi connectivity index (χ1v) is 9.41. The Morgan fingerprint density at radius 2 is 0.750 bits per heavy atom. The Bertz CT molecular complexity index is 1410. The summed E-state index contributed by atoms with van der Waals surface area (Å²) in [6, 6.07) is 28.5. The van der Waals surface area contributed by atoms with Crippen LogP contribution in [0.2, 0.25) is 0 Å². The monoisotopic (exact) mass is 412 g/mol. The molecule has 0 spiro atoms. The number of nitrogens with zero attached hydrogens (tertiary/aromatic N) is 4. The maximum atomic E-state index is 9.17. The van der Waals surface area contributed by atoms with Crippen LogP contribution >= 0.6 is 0 Å². The summed E-state index contributed by atoms with van der Waals surface area (Å²) in [5, 5.41) is 38.2. The summed E-state index contributed by atoms with van der Waals surface area (Å²) in [6.45, 7) is 0. The molecule has 0 N–H and O–H groups in total. The lowest BCUT2D eigenvalue weighted by atomic mass is 10.1. The van der Waals surface area contributed by atoms with E-state index in [9.17, 15) is 0 Å². The van der Waals surface area contributed by atoms with E-state index in [2.05, 4.69) is 0 Å². The Morgan fingerprint density at radius 1 is 0.406 bits per heavy atom. The first-order chi connectivity index (χ1) is 15.6. The lowest BCUT2D eigenvalue weighted by molar-refractivity contribution is 0.481. The first-order valence-electron chi connectivity index (χ1n) is 9.41. The highest BCUT2D eigenvalue weighted by atomic mass is 16.5. The Labute approximate surface area is 183 Å². The fraction of sp³-hybridized carbons (Fsp3) is 0. The minimum absolute atomic E-state index is 0.259. The highest BCUT2D eigenvalue weighted by molar-refractivity contribution is 5.85. The largest absolute Gasteiger partial charge is 0.457 e. The molecule has 6 nitrogen and oxygen atoms in total. The summed E-state index contributed by atoms with van der Waals surface area (Å²) in [5.41, 5.74) is 1.12. The maximum Gasteiger partial charge on any atom is 0.128 e. The quantitative estimate of drug-likeness (QED) is 0.411. The molecule has 0 aliphatic rings. The summed E-state index contributed by atoms with van der Waals surface area (Å²) >= 11 is 0. The zero-order chi connectivity index (χ0) is 22.5. The van der Waals surface area contributed by atoms with E-state index in [0.717, 1.165) is 10.8 Å². The molecule has 0 aliphatic carbocycles. The van der Waals surface area contributed by atoms with Crippen LogP contribution in [0.4, 0.5) is 0 Å². The minimum atomic E-state index is 0.259. The van der Waals surface area contributed by atoms with Gasteiger partial charge in [-0.2, -0.15) is 21.0 Å². The van der Waals surface area contributed by atoms with Crippen molar-refractivity contribution in [2.75, 3.05) is 0 Å². The highest BCUT2D eigenvalue weighted by Gasteiger charge is 2.08. The Morgan fingerprint density at radius 3 is 1.12 bits per heavy atom. The predicted molar refractivity (Wildman–Crippen MR) is 116 cm³/mol. The molecule has 32 heavy (non-hydrogen) atoms. The fourth-order valence-corrected chi connectivity index (χ4v) is 3.15. The van der Waals surface area contributed by atoms with Gasteiger partial charge in [-0.05, 0) is 71.4 Å². The van der Waals surface area contributed by atoms with Crippen LogP contribution in [0.1, 0.15) is 22.3 Å². The van der Waals surface area contributed by atoms with Crippen molar-refractivity contribution in [2.45, 2.75) is 0 Å². The number of ether oxygens (including phenoxy) is 2. The molecule has 148 valence electrons. The first kappa shape index (κ1) is 20.0. The van der Waals surface area contributed by atoms with E-state index >= 15 is 0 Å². The van der Waals surface area contributed by atoms with Gasteiger partial charge in [0, 0.05) is 0 Å². The van der Waals surface area contributed by atoms with Gasteiger partial charge < -0.3 is 9.47 Å². The zero-order valence-electron chi connectivity index (χ0n) is 16.5. The van der Waals surface area contributed by atoms with E-state index in [-0.39, 0.29) is 11.1 Å². The van der Waals surface area contributed by atoms with Gasteiger partial charge in [0.05, 0.1) is 22.3 Å². The number of benzene rings is 4. The predicted octanol–water partition coefficient (Wildman–Crippen LogP) is 5.91. The van der Waals surface area contributed by atoms with Crippen LogP contribution < -0.4 is 9.47 Å². The van der Waals surface area contributed by atoms with E-state index in [1.54, 1.807) is 36.4 Å². The molecule has 0 saturated carbocycles. The molecule has 4 aromatic rings. The van der Waals surface area contributed by atoms with E-state index in [1.807, 2.05) is 48.5 Å². The average Bonchev–Trinajstić information content (AvgIpc) is 2.83. The molecule has 0 fully saturated rings. The zero-order valence-corrected chi connectivity index (χ0v) is 16.5. The normalized spacial score (nSPS) is 9.75. The molecule has 4 aromatic carbocycles. The van der Waals surface area contributed by atoms with Gasteiger partial charge in [0.1, 0.15) is 47.3 Å². The van der Waals surface area contributed by atoms with Gasteiger partial charge >= 0.3 is 0 Å². The van der Waals surface area contributed by atoms with Crippen LogP contribution in [0.25, 0.3) is 10.8 Å². The lowest BCUT2D eigenvalue weighted by Crippen LogP contribution is -1.90. The Hall–Kier alpha value is -5.30. The number of rotatable bonds is 4. The van der Waals surface area contributed by atoms with Crippen molar-refractivity contribution in [1.82, 2.24) is 0 Å². The molecule has 0 saturated heterocycles. The molecule has 0 aromatic heterocycles. The standard InChI is InChI=1S/C26H12N4O2/c27-13-19-3-7-25(11-21(19)15-29)31-23-5-1-17-9-24(6-2-18(17)10-23)32-26-8-4-20(14-28)22(12-26)16-30/h1-12H. The smallest absolute Gasteiger partial charge is 0.128 e. The maximum absolute atomic E-state index is 9.17. The second-order valence-electron chi connectivity index (χ2n) is 6.74. The molecular weight excluding hydrogens is 400 g/mol. The van der Waals surface area contributed by atoms with Crippen LogP contribution in [-0.2, 0) is 0 Å². The molecule has 0 bridgehead atoms. The molecule has 0 unspecified atom stereocenters. The Kier molecular flexibility index (Phi) is 5.37. The third kappa shape index (κ3) is 4.03. The molecule has 0 amide bonds. The van der Waals surface area contributed by atoms with Crippen LogP contribution in [0, 0.1) is 45.3 Å². The van der Waals surface area contributed by atoms with E-state index in [4.69, 9.17) is 30.5 Å². The number of nitriles is 4. The molecule has 0 aliphatic heterocycles. The molecule has 6 heteroatoms. The summed E-state index contributed by atoms with van der Waals surface area (Å²) in [5.74, 6) is 2.11. The van der Waals surface area contributed by atoms with Gasteiger partial charge in [-0.3, -0.25) is 0 Å². The van der Waals surface area contributed by atoms with Gasteiger partial charge in [-0.15, -0.1) is 0 Å². The highest BCUT2D eigenvalue weighted by Crippen LogP contribution is 2.31. The van der Waals surface area contributed by atoms with Gasteiger partial charge in [0.2, 0.25) is 0 Å². The molecule has 0 atom stereocenters. The van der Waals surface area contributed by atoms with Crippen LogP contribution in [0.3, 0.4) is 0 Å². The van der Waals surface area contributed by atoms with Gasteiger partial charge in [0.15, 0.2) is 0 Å². The summed E-state index contributed by atoms with van der Waals surface area (Å²) in [7, 11) is 0. The van der Waals surface area contributed by atoms with Crippen molar-refractivity contribution < 1.29 is 9.47 Å². The van der Waals surface area contributed by atoms with Crippen LogP contribution in [-0.4, -0.2) is 0 Å². The van der Waals surface area contributed by atoms with Gasteiger partial charge in [0.25, 0.3) is 0 Å². The molecule has 0 heterocycles. The van der Waals surface area contributed by atoms with Crippen molar-refractivity contribution in [3.63, 3.8) is 0 Å². The number of fused-ring (bicyclic) bond motifs is 1. The van der Waals surface area contributed by atoms with Gasteiger partial charge in [-0.1, -0.05) is 12.1 Å². The molecular formula is C26H12N4O2. The van der Waals surface area contributed by atoms with Crippen LogP contribution in [0.15, 0.2) is 72.8 Å². The summed E-state index contributed by atoms with van der Waals surface area (Å²) in [4.78, 5) is 0. The van der Waals surface area contributed by atoms with Crippen LogP contribution in [0.5, 0.6) is 23.0 Å². The lowest BCUT2D eigenvalue weighted by Gasteiger charge is -2.10. The molecule has 0 radical (unpaired) electrons. The van der Waals surface area contributed by atoms with Gasteiger partial charge in [-0.25, -0.2) is 0 Å². The summed E-state index contributed by atoms with van der Waals surface area (Å²) in [6.07, 6.45) is 0. The second-order valence-corrected chi connectivity index (χ2v) is 6.74. The average molecular weight is 412 g/mol. The van der Waals surface area contributed by atoms with Crippen molar-refractivity contribution in [2.24, 2.45) is 0 Å². The van der Waals surface area contributed by atoms with Crippen molar-refractivity contribution in [3.05, 3.63) is 95.1 Å². The third-order valence-electron chi connectivity index (χ3n) is 4.72. The topological polar surface area (TPSA) is 114 Å². The number of hydrogen-bond donors (Lipinski definition) is 0. The third-order valence-corrected chi connectivity index (χ3v) is 4.72. The number of hydrogen-bond acceptors (Lipinski definition) is 6. The Balaban J connectivity index is 1.57. The SMILES string of the molecule is N#Cc1ccc(Oc2ccc3cc(Oc4ccc(C#N)c(C#N)c4)ccc3c2)cc1C#N. The van der Waals surface area contributed by atoms with Crippen molar-refractivity contribution in [1.29, 1.82) is 21.0 Å². The van der Waals surface area contributed by atoms with Crippen molar-refractivity contribution >= 4 is 10.8 Å². The van der Waals surface area contributed by atoms with E-state index in [1.165, 1.54) is 12.1 Å². The fourth-order valence-electron chi connectivity index (χ4n) is 3.15. The molecule has 4 rings (SSSR count). The minimum Gasteiger partial charge on any atom is -0.457 e. The second kappa shape index (κ2) is 8.60.